The van der Waals surface area contributed by atoms with Gasteiger partial charge in [-0.3, -0.25) is 4.79 Å². The Morgan fingerprint density at radius 3 is 2.58 bits per heavy atom. The van der Waals surface area contributed by atoms with Gasteiger partial charge in [0.15, 0.2) is 0 Å². The van der Waals surface area contributed by atoms with E-state index in [-0.39, 0.29) is 11.4 Å². The highest BCUT2D eigenvalue weighted by Crippen LogP contribution is 2.27. The summed E-state index contributed by atoms with van der Waals surface area (Å²) >= 11 is 0. The molecule has 1 aliphatic rings. The summed E-state index contributed by atoms with van der Waals surface area (Å²) in [7, 11) is -3.72. The van der Waals surface area contributed by atoms with Crippen molar-refractivity contribution in [1.29, 1.82) is 0 Å². The van der Waals surface area contributed by atoms with Gasteiger partial charge < -0.3 is 5.11 Å². The first kappa shape index (κ1) is 14.0. The van der Waals surface area contributed by atoms with Gasteiger partial charge in [-0.1, -0.05) is 6.07 Å². The molecule has 0 radical (unpaired) electrons. The van der Waals surface area contributed by atoms with Crippen LogP contribution < -0.4 is 0 Å². The van der Waals surface area contributed by atoms with Crippen molar-refractivity contribution in [3.63, 3.8) is 0 Å². The zero-order valence-corrected chi connectivity index (χ0v) is 11.8. The number of aliphatic carboxylic acids is 1. The maximum Gasteiger partial charge on any atom is 0.322 e. The van der Waals surface area contributed by atoms with Crippen LogP contribution in [0.1, 0.15) is 24.0 Å². The highest BCUT2D eigenvalue weighted by Gasteiger charge is 2.39. The van der Waals surface area contributed by atoms with Crippen LogP contribution in [0.3, 0.4) is 0 Å². The maximum absolute atomic E-state index is 12.5. The van der Waals surface area contributed by atoms with E-state index in [2.05, 4.69) is 0 Å². The van der Waals surface area contributed by atoms with Gasteiger partial charge in [0.05, 0.1) is 4.90 Å². The van der Waals surface area contributed by atoms with Crippen LogP contribution in [0.4, 0.5) is 0 Å². The Hall–Kier alpha value is -1.40. The second-order valence-electron chi connectivity index (χ2n) is 4.86. The molecule has 5 nitrogen and oxygen atoms in total. The lowest BCUT2D eigenvalue weighted by molar-refractivity contribution is -0.140. The number of sulfonamides is 1. The number of hydrogen-bond acceptors (Lipinski definition) is 3. The van der Waals surface area contributed by atoms with Crippen molar-refractivity contribution in [2.45, 2.75) is 37.6 Å². The number of nitrogens with zero attached hydrogens (tertiary/aromatic N) is 1. The Bertz CT molecular complexity index is 609. The average Bonchev–Trinajstić information content (AvgIpc) is 2.82. The van der Waals surface area contributed by atoms with E-state index in [0.29, 0.717) is 12.8 Å². The predicted octanol–water partition coefficient (Wildman–Crippen LogP) is 1.54. The lowest BCUT2D eigenvalue weighted by Crippen LogP contribution is -2.40. The molecule has 0 aliphatic carbocycles. The van der Waals surface area contributed by atoms with Crippen LogP contribution in [0.25, 0.3) is 0 Å². The topological polar surface area (TPSA) is 74.7 Å². The second-order valence-corrected chi connectivity index (χ2v) is 6.75. The molecule has 0 spiro atoms. The number of benzene rings is 1. The van der Waals surface area contributed by atoms with E-state index in [1.807, 2.05) is 13.8 Å². The van der Waals surface area contributed by atoms with E-state index >= 15 is 0 Å². The predicted molar refractivity (Wildman–Crippen MR) is 70.5 cm³/mol. The molecule has 0 saturated carbocycles. The molecular formula is C13H17NO4S. The summed E-state index contributed by atoms with van der Waals surface area (Å²) < 4.78 is 26.0. The lowest BCUT2D eigenvalue weighted by Gasteiger charge is -2.21. The van der Waals surface area contributed by atoms with Gasteiger partial charge in [-0.25, -0.2) is 8.42 Å². The van der Waals surface area contributed by atoms with Crippen LogP contribution in [-0.2, 0) is 14.8 Å². The third-order valence-corrected chi connectivity index (χ3v) is 5.48. The van der Waals surface area contributed by atoms with Crippen LogP contribution in [-0.4, -0.2) is 36.4 Å². The molecule has 1 aromatic carbocycles. The fourth-order valence-corrected chi connectivity index (χ4v) is 4.02. The highest BCUT2D eigenvalue weighted by molar-refractivity contribution is 7.89. The molecule has 1 saturated heterocycles. The number of rotatable bonds is 3. The molecule has 1 atom stereocenters. The summed E-state index contributed by atoms with van der Waals surface area (Å²) in [4.78, 5) is 11.3. The Balaban J connectivity index is 2.42. The van der Waals surface area contributed by atoms with Gasteiger partial charge in [0.25, 0.3) is 0 Å². The minimum atomic E-state index is -3.72. The zero-order valence-electron chi connectivity index (χ0n) is 11.0. The van der Waals surface area contributed by atoms with E-state index in [0.717, 1.165) is 15.4 Å². The Morgan fingerprint density at radius 2 is 2.00 bits per heavy atom. The lowest BCUT2D eigenvalue weighted by atomic mass is 10.1. The maximum atomic E-state index is 12.5. The molecule has 1 fully saturated rings. The summed E-state index contributed by atoms with van der Waals surface area (Å²) in [6.45, 7) is 4.01. The minimum Gasteiger partial charge on any atom is -0.480 e. The van der Waals surface area contributed by atoms with Crippen LogP contribution in [0, 0.1) is 13.8 Å². The first-order valence-electron chi connectivity index (χ1n) is 6.16. The van der Waals surface area contributed by atoms with Crippen molar-refractivity contribution in [2.75, 3.05) is 6.54 Å². The van der Waals surface area contributed by atoms with Crippen LogP contribution in [0.2, 0.25) is 0 Å². The van der Waals surface area contributed by atoms with Gasteiger partial charge in [0.2, 0.25) is 10.0 Å². The zero-order chi connectivity index (χ0) is 14.2. The van der Waals surface area contributed by atoms with E-state index < -0.39 is 22.0 Å². The SMILES string of the molecule is Cc1ccc(S(=O)(=O)N2CCC[C@H]2C(=O)O)cc1C. The minimum absolute atomic E-state index is 0.170. The summed E-state index contributed by atoms with van der Waals surface area (Å²) in [5.41, 5.74) is 1.89. The molecule has 0 bridgehead atoms. The average molecular weight is 283 g/mol. The molecule has 0 aromatic heterocycles. The van der Waals surface area contributed by atoms with Crippen LogP contribution in [0.15, 0.2) is 23.1 Å². The number of carboxylic acids is 1. The molecular weight excluding hydrogens is 266 g/mol. The number of aryl methyl sites for hydroxylation is 2. The first-order chi connectivity index (χ1) is 8.84. The third-order valence-electron chi connectivity index (χ3n) is 3.57. The van der Waals surface area contributed by atoms with Crippen LogP contribution >= 0.6 is 0 Å². The summed E-state index contributed by atoms with van der Waals surface area (Å²) in [6.07, 6.45) is 0.959. The molecule has 6 heteroatoms. The summed E-state index contributed by atoms with van der Waals surface area (Å²) in [5, 5.41) is 9.09. The second kappa shape index (κ2) is 4.94. The molecule has 1 N–H and O–H groups in total. The first-order valence-corrected chi connectivity index (χ1v) is 7.60. The van der Waals surface area contributed by atoms with Crippen molar-refractivity contribution >= 4 is 16.0 Å². The van der Waals surface area contributed by atoms with Gasteiger partial charge in [-0.2, -0.15) is 4.31 Å². The molecule has 0 unspecified atom stereocenters. The number of carbonyl (C=O) groups is 1. The fourth-order valence-electron chi connectivity index (χ4n) is 2.28. The third kappa shape index (κ3) is 2.50. The monoisotopic (exact) mass is 283 g/mol. The molecule has 0 amide bonds. The quantitative estimate of drug-likeness (QED) is 0.913. The Kier molecular flexibility index (Phi) is 3.64. The van der Waals surface area contributed by atoms with Crippen molar-refractivity contribution in [2.24, 2.45) is 0 Å². The van der Waals surface area contributed by atoms with Crippen LogP contribution in [0.5, 0.6) is 0 Å². The summed E-state index contributed by atoms with van der Waals surface area (Å²) in [5.74, 6) is -1.08. The highest BCUT2D eigenvalue weighted by atomic mass is 32.2. The van der Waals surface area contributed by atoms with Gasteiger partial charge in [-0.05, 0) is 49.9 Å². The van der Waals surface area contributed by atoms with Gasteiger partial charge in [0, 0.05) is 6.54 Å². The van der Waals surface area contributed by atoms with Gasteiger partial charge >= 0.3 is 5.97 Å². The standard InChI is InChI=1S/C13H17NO4S/c1-9-5-6-11(8-10(9)2)19(17,18)14-7-3-4-12(14)13(15)16/h5-6,8,12H,3-4,7H2,1-2H3,(H,15,16)/t12-/m0/s1. The molecule has 1 aromatic rings. The smallest absolute Gasteiger partial charge is 0.322 e. The Labute approximate surface area is 112 Å². The number of hydrogen-bond donors (Lipinski definition) is 1. The van der Waals surface area contributed by atoms with Gasteiger partial charge in [-0.15, -0.1) is 0 Å². The Morgan fingerprint density at radius 1 is 1.32 bits per heavy atom. The number of carboxylic acid groups (broad SMARTS) is 1. The summed E-state index contributed by atoms with van der Waals surface area (Å²) in [6, 6.07) is 3.94. The molecule has 104 valence electrons. The normalized spacial score (nSPS) is 20.6. The fraction of sp³-hybridized carbons (Fsp3) is 0.462. The van der Waals surface area contributed by atoms with Crippen molar-refractivity contribution < 1.29 is 18.3 Å². The largest absolute Gasteiger partial charge is 0.480 e. The molecule has 19 heavy (non-hydrogen) atoms. The van der Waals surface area contributed by atoms with E-state index in [4.69, 9.17) is 5.11 Å². The van der Waals surface area contributed by atoms with E-state index in [1.165, 1.54) is 6.07 Å². The van der Waals surface area contributed by atoms with Crippen molar-refractivity contribution in [3.8, 4) is 0 Å². The van der Waals surface area contributed by atoms with E-state index in [1.54, 1.807) is 12.1 Å². The van der Waals surface area contributed by atoms with Crippen molar-refractivity contribution in [1.82, 2.24) is 4.31 Å². The van der Waals surface area contributed by atoms with Crippen molar-refractivity contribution in [3.05, 3.63) is 29.3 Å². The molecule has 1 heterocycles. The van der Waals surface area contributed by atoms with E-state index in [9.17, 15) is 13.2 Å². The molecule has 1 aliphatic heterocycles. The van der Waals surface area contributed by atoms with Gasteiger partial charge in [0.1, 0.15) is 6.04 Å². The molecule has 2 rings (SSSR count).